The summed E-state index contributed by atoms with van der Waals surface area (Å²) in [4.78, 5) is 7.60. The Morgan fingerprint density at radius 1 is 2.00 bits per heavy atom. The maximum atomic E-state index is 3.83. The van der Waals surface area contributed by atoms with Crippen molar-refractivity contribution in [3.05, 3.63) is 4.85 Å². The molecule has 1 unspecified atom stereocenters. The Bertz CT molecular complexity index is 126. The van der Waals surface area contributed by atoms with Crippen molar-refractivity contribution in [1.82, 2.24) is 0 Å². The standard InChI is InChI=1S/C4H5N2/c1-4-5-2-3-6-4/h2,4H,1H3/q+1. The smallest absolute Gasteiger partial charge is 0.194 e. The van der Waals surface area contributed by atoms with Crippen molar-refractivity contribution >= 4 is 6.21 Å². The first-order valence-corrected chi connectivity index (χ1v) is 1.86. The third-order valence-electron chi connectivity index (χ3n) is 0.609. The molecule has 6 heavy (non-hydrogen) atoms. The maximum Gasteiger partial charge on any atom is 0.362 e. The van der Waals surface area contributed by atoms with E-state index in [1.54, 1.807) is 6.21 Å². The van der Waals surface area contributed by atoms with Gasteiger partial charge in [-0.15, -0.1) is 0 Å². The van der Waals surface area contributed by atoms with Crippen molar-refractivity contribution in [1.29, 1.82) is 0 Å². The molecule has 30 valence electrons. The lowest BCUT2D eigenvalue weighted by Crippen LogP contribution is -1.80. The van der Waals surface area contributed by atoms with Gasteiger partial charge < -0.3 is 0 Å². The van der Waals surface area contributed by atoms with E-state index in [1.807, 2.05) is 6.92 Å². The van der Waals surface area contributed by atoms with Crippen LogP contribution in [0.4, 0.5) is 0 Å². The number of nitrogens with zero attached hydrogens (tertiary/aromatic N) is 2. The average molecular weight is 81.1 g/mol. The summed E-state index contributed by atoms with van der Waals surface area (Å²) in [5.74, 6) is 0. The van der Waals surface area contributed by atoms with Crippen molar-refractivity contribution in [3.8, 4) is 6.07 Å². The molecule has 0 bridgehead atoms. The predicted octanol–water partition coefficient (Wildman–Crippen LogP) is 0.750. The molecule has 0 spiro atoms. The molecule has 0 saturated heterocycles. The average Bonchev–Trinajstić information content (AvgIpc) is 1.86. The molecule has 1 aliphatic heterocycles. The van der Waals surface area contributed by atoms with Crippen LogP contribution in [0.1, 0.15) is 6.92 Å². The van der Waals surface area contributed by atoms with Gasteiger partial charge in [-0.2, -0.15) is 4.99 Å². The third-order valence-corrected chi connectivity index (χ3v) is 0.609. The molecule has 0 saturated carbocycles. The van der Waals surface area contributed by atoms with Crippen molar-refractivity contribution in [2.75, 3.05) is 0 Å². The Morgan fingerprint density at radius 3 is 3.00 bits per heavy atom. The lowest BCUT2D eigenvalue weighted by Gasteiger charge is -1.67. The van der Waals surface area contributed by atoms with E-state index in [0.29, 0.717) is 0 Å². The van der Waals surface area contributed by atoms with Gasteiger partial charge in [0.15, 0.2) is 6.21 Å². The Morgan fingerprint density at radius 2 is 2.83 bits per heavy atom. The molecular formula is C4H5N2+. The minimum atomic E-state index is 0.130. The van der Waals surface area contributed by atoms with Crippen LogP contribution >= 0.6 is 0 Å². The summed E-state index contributed by atoms with van der Waals surface area (Å²) in [5, 5.41) is 0. The highest BCUT2D eigenvalue weighted by atomic mass is 15.0. The number of hydrogen-bond acceptors (Lipinski definition) is 1. The molecular weight excluding hydrogens is 76.1 g/mol. The van der Waals surface area contributed by atoms with Gasteiger partial charge in [0.05, 0.1) is 0 Å². The molecule has 0 aromatic rings. The van der Waals surface area contributed by atoms with Gasteiger partial charge in [-0.1, -0.05) is 0 Å². The number of rotatable bonds is 0. The zero-order chi connectivity index (χ0) is 4.41. The first kappa shape index (κ1) is 3.35. The van der Waals surface area contributed by atoms with E-state index in [2.05, 4.69) is 15.9 Å². The molecule has 0 aliphatic carbocycles. The fourth-order valence-electron chi connectivity index (χ4n) is 0.316. The molecule has 0 aromatic carbocycles. The van der Waals surface area contributed by atoms with Gasteiger partial charge in [-0.3, -0.25) is 0 Å². The Balaban J connectivity index is 2.71. The Labute approximate surface area is 36.3 Å². The molecule has 0 radical (unpaired) electrons. The lowest BCUT2D eigenvalue weighted by molar-refractivity contribution is 0.941. The molecule has 1 rings (SSSR count). The quantitative estimate of drug-likeness (QED) is 0.409. The van der Waals surface area contributed by atoms with E-state index in [4.69, 9.17) is 0 Å². The highest BCUT2D eigenvalue weighted by Crippen LogP contribution is 1.92. The number of hydrogen-bond donors (Lipinski definition) is 0. The van der Waals surface area contributed by atoms with Gasteiger partial charge in [0.1, 0.15) is 0 Å². The molecule has 2 heteroatoms. The van der Waals surface area contributed by atoms with Crippen LogP contribution in [0.15, 0.2) is 4.99 Å². The zero-order valence-electron chi connectivity index (χ0n) is 3.55. The van der Waals surface area contributed by atoms with Gasteiger partial charge >= 0.3 is 12.2 Å². The van der Waals surface area contributed by atoms with Crippen molar-refractivity contribution in [2.24, 2.45) is 4.99 Å². The van der Waals surface area contributed by atoms with E-state index in [-0.39, 0.29) is 6.17 Å². The van der Waals surface area contributed by atoms with E-state index in [1.165, 1.54) is 0 Å². The second-order valence-corrected chi connectivity index (χ2v) is 1.17. The molecule has 1 atom stereocenters. The van der Waals surface area contributed by atoms with Crippen LogP contribution in [0.3, 0.4) is 0 Å². The van der Waals surface area contributed by atoms with Crippen LogP contribution in [0, 0.1) is 6.07 Å². The largest absolute Gasteiger partial charge is 0.362 e. The maximum absolute atomic E-state index is 3.83. The fraction of sp³-hybridized carbons (Fsp3) is 0.500. The zero-order valence-corrected chi connectivity index (χ0v) is 3.55. The van der Waals surface area contributed by atoms with Gasteiger partial charge in [0.2, 0.25) is 0 Å². The molecule has 0 fully saturated rings. The van der Waals surface area contributed by atoms with Crippen molar-refractivity contribution in [2.45, 2.75) is 13.1 Å². The molecule has 1 aliphatic rings. The summed E-state index contributed by atoms with van der Waals surface area (Å²) in [7, 11) is 0. The van der Waals surface area contributed by atoms with E-state index in [0.717, 1.165) is 0 Å². The SMILES string of the molecule is CC1N=CC#[N+]1. The van der Waals surface area contributed by atoms with Crippen LogP contribution in [0.5, 0.6) is 0 Å². The lowest BCUT2D eigenvalue weighted by atomic mass is 10.6. The van der Waals surface area contributed by atoms with Crippen LogP contribution in [-0.4, -0.2) is 12.4 Å². The molecule has 0 aromatic heterocycles. The third kappa shape index (κ3) is 0.389. The van der Waals surface area contributed by atoms with Crippen molar-refractivity contribution < 1.29 is 0 Å². The monoisotopic (exact) mass is 81.0 g/mol. The Hall–Kier alpha value is -0.840. The minimum Gasteiger partial charge on any atom is -0.194 e. The summed E-state index contributed by atoms with van der Waals surface area (Å²) in [6.07, 6.45) is 1.72. The summed E-state index contributed by atoms with van der Waals surface area (Å²) in [6.45, 7) is 1.91. The molecule has 0 amide bonds. The highest BCUT2D eigenvalue weighted by Gasteiger charge is 2.06. The van der Waals surface area contributed by atoms with Crippen LogP contribution in [0.25, 0.3) is 4.85 Å². The highest BCUT2D eigenvalue weighted by molar-refractivity contribution is 5.79. The molecule has 0 N–H and O–H groups in total. The second kappa shape index (κ2) is 1.09. The summed E-state index contributed by atoms with van der Waals surface area (Å²) >= 11 is 0. The summed E-state index contributed by atoms with van der Waals surface area (Å²) in [5.41, 5.74) is 0. The van der Waals surface area contributed by atoms with Gasteiger partial charge in [0.25, 0.3) is 0 Å². The summed E-state index contributed by atoms with van der Waals surface area (Å²) < 4.78 is 0. The normalized spacial score (nSPS) is 26.5. The van der Waals surface area contributed by atoms with Crippen LogP contribution in [-0.2, 0) is 0 Å². The van der Waals surface area contributed by atoms with E-state index < -0.39 is 0 Å². The predicted molar refractivity (Wildman–Crippen MR) is 25.2 cm³/mol. The second-order valence-electron chi connectivity index (χ2n) is 1.17. The van der Waals surface area contributed by atoms with Gasteiger partial charge in [-0.05, 0) is 4.85 Å². The van der Waals surface area contributed by atoms with E-state index >= 15 is 0 Å². The van der Waals surface area contributed by atoms with Gasteiger partial charge in [-0.25, -0.2) is 0 Å². The minimum absolute atomic E-state index is 0.130. The summed E-state index contributed by atoms with van der Waals surface area (Å²) in [6, 6.07) is 2.61. The Kier molecular flexibility index (Phi) is 0.612. The number of aliphatic imine (C=N–C) groups is 1. The van der Waals surface area contributed by atoms with E-state index in [9.17, 15) is 0 Å². The molecule has 1 heterocycles. The topological polar surface area (TPSA) is 16.7 Å². The fourth-order valence-corrected chi connectivity index (χ4v) is 0.316. The first-order chi connectivity index (χ1) is 2.89. The molecule has 2 nitrogen and oxygen atoms in total. The first-order valence-electron chi connectivity index (χ1n) is 1.86. The van der Waals surface area contributed by atoms with Gasteiger partial charge in [0, 0.05) is 6.92 Å². The van der Waals surface area contributed by atoms with Crippen molar-refractivity contribution in [3.63, 3.8) is 0 Å². The van der Waals surface area contributed by atoms with Crippen LogP contribution in [0.2, 0.25) is 0 Å². The van der Waals surface area contributed by atoms with Crippen LogP contribution < -0.4 is 0 Å².